The van der Waals surface area contributed by atoms with Crippen LogP contribution in [-0.2, 0) is 6.54 Å². The van der Waals surface area contributed by atoms with Crippen molar-refractivity contribution in [1.29, 1.82) is 0 Å². The Kier molecular flexibility index (Phi) is 4.93. The minimum atomic E-state index is 1.10. The largest absolute Gasteiger partial charge is 0.372 e. The molecule has 3 nitrogen and oxygen atoms in total. The van der Waals surface area contributed by atoms with Crippen LogP contribution in [0, 0.1) is 0 Å². The fourth-order valence-corrected chi connectivity index (χ4v) is 3.31. The number of benzene rings is 1. The van der Waals surface area contributed by atoms with Crippen LogP contribution in [0.25, 0.3) is 0 Å². The summed E-state index contributed by atoms with van der Waals surface area (Å²) in [4.78, 5) is 5.13. The molecule has 2 aliphatic rings. The number of hydrogen-bond acceptors (Lipinski definition) is 3. The third-order valence-corrected chi connectivity index (χ3v) is 4.50. The Morgan fingerprint density at radius 3 is 2.40 bits per heavy atom. The van der Waals surface area contributed by atoms with Gasteiger partial charge in [-0.05, 0) is 30.5 Å². The number of nitrogens with zero attached hydrogens (tertiary/aromatic N) is 2. The molecule has 1 aromatic carbocycles. The third-order valence-electron chi connectivity index (χ3n) is 4.50. The van der Waals surface area contributed by atoms with E-state index in [0.717, 1.165) is 19.6 Å². The molecule has 0 atom stereocenters. The summed E-state index contributed by atoms with van der Waals surface area (Å²) >= 11 is 0. The highest BCUT2D eigenvalue weighted by atomic mass is 15.2. The molecule has 0 bridgehead atoms. The van der Waals surface area contributed by atoms with Crippen LogP contribution in [0.2, 0.25) is 0 Å². The summed E-state index contributed by atoms with van der Waals surface area (Å²) in [6.45, 7) is 8.18. The predicted molar refractivity (Wildman–Crippen MR) is 85.3 cm³/mol. The number of rotatable bonds is 3. The van der Waals surface area contributed by atoms with E-state index in [0.29, 0.717) is 0 Å². The van der Waals surface area contributed by atoms with Crippen molar-refractivity contribution in [2.45, 2.75) is 32.2 Å². The second kappa shape index (κ2) is 7.09. The average Bonchev–Trinajstić information content (AvgIpc) is 2.78. The summed E-state index contributed by atoms with van der Waals surface area (Å²) in [5.41, 5.74) is 2.90. The van der Waals surface area contributed by atoms with Gasteiger partial charge in [-0.3, -0.25) is 4.90 Å². The standard InChI is InChI=1S/C17H27N3/c1-2-4-11-20(10-3-1)17-7-5-6-16(14-17)15-19-12-8-18-9-13-19/h5-7,14,18H,1-4,8-13,15H2. The van der Waals surface area contributed by atoms with Gasteiger partial charge in [0, 0.05) is 51.5 Å². The third kappa shape index (κ3) is 3.74. The topological polar surface area (TPSA) is 18.5 Å². The Labute approximate surface area is 123 Å². The zero-order chi connectivity index (χ0) is 13.6. The molecule has 110 valence electrons. The van der Waals surface area contributed by atoms with E-state index in [1.807, 2.05) is 0 Å². The minimum Gasteiger partial charge on any atom is -0.372 e. The van der Waals surface area contributed by atoms with Crippen molar-refractivity contribution in [1.82, 2.24) is 10.2 Å². The first-order valence-corrected chi connectivity index (χ1v) is 8.19. The lowest BCUT2D eigenvalue weighted by Crippen LogP contribution is -2.42. The summed E-state index contributed by atoms with van der Waals surface area (Å²) in [5.74, 6) is 0. The molecular weight excluding hydrogens is 246 g/mol. The van der Waals surface area contributed by atoms with Gasteiger partial charge in [0.15, 0.2) is 0 Å². The molecule has 0 unspecified atom stereocenters. The number of hydrogen-bond donors (Lipinski definition) is 1. The first-order chi connectivity index (χ1) is 9.92. The van der Waals surface area contributed by atoms with Gasteiger partial charge in [0.2, 0.25) is 0 Å². The summed E-state index contributed by atoms with van der Waals surface area (Å²) in [6, 6.07) is 9.21. The van der Waals surface area contributed by atoms with Crippen LogP contribution in [0.15, 0.2) is 24.3 Å². The maximum Gasteiger partial charge on any atom is 0.0369 e. The predicted octanol–water partition coefficient (Wildman–Crippen LogP) is 2.47. The zero-order valence-corrected chi connectivity index (χ0v) is 12.5. The maximum atomic E-state index is 3.42. The smallest absolute Gasteiger partial charge is 0.0369 e. The number of anilines is 1. The molecule has 2 heterocycles. The van der Waals surface area contributed by atoms with Crippen LogP contribution >= 0.6 is 0 Å². The van der Waals surface area contributed by atoms with Gasteiger partial charge in [-0.1, -0.05) is 25.0 Å². The lowest BCUT2D eigenvalue weighted by molar-refractivity contribution is 0.233. The Balaban J connectivity index is 1.65. The van der Waals surface area contributed by atoms with E-state index in [9.17, 15) is 0 Å². The summed E-state index contributed by atoms with van der Waals surface area (Å²) in [5, 5.41) is 3.42. The van der Waals surface area contributed by atoms with Crippen molar-refractivity contribution in [2.75, 3.05) is 44.2 Å². The molecule has 1 N–H and O–H groups in total. The van der Waals surface area contributed by atoms with E-state index in [1.54, 1.807) is 0 Å². The Morgan fingerprint density at radius 1 is 0.900 bits per heavy atom. The highest BCUT2D eigenvalue weighted by Crippen LogP contribution is 2.21. The van der Waals surface area contributed by atoms with Crippen LogP contribution in [0.1, 0.15) is 31.2 Å². The van der Waals surface area contributed by atoms with Crippen molar-refractivity contribution >= 4 is 5.69 Å². The fourth-order valence-electron chi connectivity index (χ4n) is 3.31. The maximum absolute atomic E-state index is 3.42. The van der Waals surface area contributed by atoms with E-state index < -0.39 is 0 Å². The Bertz CT molecular complexity index is 404. The monoisotopic (exact) mass is 273 g/mol. The second-order valence-corrected chi connectivity index (χ2v) is 6.10. The lowest BCUT2D eigenvalue weighted by Gasteiger charge is -2.28. The number of piperazine rings is 1. The summed E-state index contributed by atoms with van der Waals surface area (Å²) < 4.78 is 0. The first-order valence-electron chi connectivity index (χ1n) is 8.19. The van der Waals surface area contributed by atoms with E-state index in [-0.39, 0.29) is 0 Å². The molecule has 0 amide bonds. The van der Waals surface area contributed by atoms with Crippen molar-refractivity contribution in [3.63, 3.8) is 0 Å². The Hall–Kier alpha value is -1.06. The molecule has 0 spiro atoms. The highest BCUT2D eigenvalue weighted by Gasteiger charge is 2.12. The molecule has 20 heavy (non-hydrogen) atoms. The molecule has 0 saturated carbocycles. The van der Waals surface area contributed by atoms with Crippen LogP contribution in [0.4, 0.5) is 5.69 Å². The molecular formula is C17H27N3. The SMILES string of the molecule is c1cc(CN2CCNCC2)cc(N2CCCCCC2)c1. The van der Waals surface area contributed by atoms with Crippen LogP contribution in [-0.4, -0.2) is 44.2 Å². The van der Waals surface area contributed by atoms with Crippen LogP contribution in [0.5, 0.6) is 0 Å². The second-order valence-electron chi connectivity index (χ2n) is 6.10. The zero-order valence-electron chi connectivity index (χ0n) is 12.5. The van der Waals surface area contributed by atoms with Gasteiger partial charge in [0.1, 0.15) is 0 Å². The highest BCUT2D eigenvalue weighted by molar-refractivity contribution is 5.48. The fraction of sp³-hybridized carbons (Fsp3) is 0.647. The van der Waals surface area contributed by atoms with Crippen molar-refractivity contribution in [2.24, 2.45) is 0 Å². The Morgan fingerprint density at radius 2 is 1.65 bits per heavy atom. The van der Waals surface area contributed by atoms with Gasteiger partial charge in [-0.25, -0.2) is 0 Å². The van der Waals surface area contributed by atoms with E-state index in [4.69, 9.17) is 0 Å². The van der Waals surface area contributed by atoms with Crippen LogP contribution < -0.4 is 10.2 Å². The first kappa shape index (κ1) is 13.9. The van der Waals surface area contributed by atoms with E-state index >= 15 is 0 Å². The van der Waals surface area contributed by atoms with Gasteiger partial charge in [-0.15, -0.1) is 0 Å². The van der Waals surface area contributed by atoms with Gasteiger partial charge in [0.05, 0.1) is 0 Å². The molecule has 2 fully saturated rings. The van der Waals surface area contributed by atoms with Crippen molar-refractivity contribution in [3.8, 4) is 0 Å². The van der Waals surface area contributed by atoms with Crippen molar-refractivity contribution < 1.29 is 0 Å². The molecule has 2 saturated heterocycles. The molecule has 2 aliphatic heterocycles. The molecule has 3 heteroatoms. The van der Waals surface area contributed by atoms with Gasteiger partial charge < -0.3 is 10.2 Å². The molecule has 1 aromatic rings. The van der Waals surface area contributed by atoms with Crippen molar-refractivity contribution in [3.05, 3.63) is 29.8 Å². The number of nitrogens with one attached hydrogen (secondary N) is 1. The molecule has 0 aromatic heterocycles. The minimum absolute atomic E-state index is 1.10. The lowest BCUT2D eigenvalue weighted by atomic mass is 10.1. The van der Waals surface area contributed by atoms with Gasteiger partial charge in [0.25, 0.3) is 0 Å². The molecule has 0 radical (unpaired) electrons. The normalized spacial score (nSPS) is 21.7. The summed E-state index contributed by atoms with van der Waals surface area (Å²) in [7, 11) is 0. The van der Waals surface area contributed by atoms with E-state index in [2.05, 4.69) is 39.4 Å². The van der Waals surface area contributed by atoms with Gasteiger partial charge >= 0.3 is 0 Å². The van der Waals surface area contributed by atoms with E-state index in [1.165, 1.54) is 63.1 Å². The van der Waals surface area contributed by atoms with Crippen LogP contribution in [0.3, 0.4) is 0 Å². The quantitative estimate of drug-likeness (QED) is 0.913. The molecule has 3 rings (SSSR count). The average molecular weight is 273 g/mol. The molecule has 0 aliphatic carbocycles. The van der Waals surface area contributed by atoms with Gasteiger partial charge in [-0.2, -0.15) is 0 Å². The summed E-state index contributed by atoms with van der Waals surface area (Å²) in [6.07, 6.45) is 5.50.